The summed E-state index contributed by atoms with van der Waals surface area (Å²) in [4.78, 5) is 38.3. The third-order valence-electron chi connectivity index (χ3n) is 14.0. The van der Waals surface area contributed by atoms with Gasteiger partial charge in [-0.1, -0.05) is 287 Å². The summed E-state index contributed by atoms with van der Waals surface area (Å²) in [6.07, 6.45) is 77.9. The van der Waals surface area contributed by atoms with E-state index in [1.165, 1.54) is 193 Å². The first kappa shape index (κ1) is 70.1. The van der Waals surface area contributed by atoms with Gasteiger partial charge in [-0.3, -0.25) is 14.4 Å². The molecule has 0 aliphatic carbocycles. The summed E-state index contributed by atoms with van der Waals surface area (Å²) < 4.78 is 16.9. The molecule has 6 nitrogen and oxygen atoms in total. The standard InChI is InChI=1S/C67H120O6/c1-4-7-10-13-16-19-22-25-28-31-32-33-34-37-39-42-45-48-51-54-57-60-66(69)72-63-64(73-67(70)61-58-55-52-49-46-43-40-36-30-27-24-21-18-15-12-9-6-3)62-71-65(68)59-56-53-50-47-44-41-38-35-29-26-23-20-17-14-11-8-5-2/h9,12,18,21,25,27-28,30,40,43,64H,4-8,10-11,13-17,19-20,22-24,26,29,31-39,41-42,44-63H2,1-3H3/b12-9-,21-18-,28-25-,30-27-,43-40-/t64-/m0/s1. The van der Waals surface area contributed by atoms with E-state index >= 15 is 0 Å². The highest BCUT2D eigenvalue weighted by Crippen LogP contribution is 2.17. The summed E-state index contributed by atoms with van der Waals surface area (Å²) in [5.74, 6) is -0.887. The van der Waals surface area contributed by atoms with Crippen LogP contribution in [0.1, 0.15) is 329 Å². The molecule has 1 atom stereocenters. The number of ether oxygens (including phenoxy) is 3. The fraction of sp³-hybridized carbons (Fsp3) is 0.806. The molecule has 0 N–H and O–H groups in total. The fourth-order valence-electron chi connectivity index (χ4n) is 9.25. The summed E-state index contributed by atoms with van der Waals surface area (Å²) in [5.41, 5.74) is 0. The van der Waals surface area contributed by atoms with Gasteiger partial charge in [-0.05, 0) is 83.5 Å². The average Bonchev–Trinajstić information content (AvgIpc) is 3.39. The van der Waals surface area contributed by atoms with E-state index in [-0.39, 0.29) is 31.1 Å². The van der Waals surface area contributed by atoms with Gasteiger partial charge in [0.25, 0.3) is 0 Å². The lowest BCUT2D eigenvalue weighted by Crippen LogP contribution is -2.30. The molecule has 424 valence electrons. The zero-order valence-electron chi connectivity index (χ0n) is 48.7. The maximum atomic E-state index is 12.9. The van der Waals surface area contributed by atoms with Gasteiger partial charge >= 0.3 is 17.9 Å². The molecule has 0 radical (unpaired) electrons. The molecule has 0 aromatic rings. The summed E-state index contributed by atoms with van der Waals surface area (Å²) in [5, 5.41) is 0. The van der Waals surface area contributed by atoms with Crippen molar-refractivity contribution in [2.45, 2.75) is 335 Å². The van der Waals surface area contributed by atoms with Gasteiger partial charge < -0.3 is 14.2 Å². The van der Waals surface area contributed by atoms with Crippen molar-refractivity contribution in [2.75, 3.05) is 13.2 Å². The van der Waals surface area contributed by atoms with Crippen LogP contribution in [-0.4, -0.2) is 37.2 Å². The normalized spacial score (nSPS) is 12.4. The van der Waals surface area contributed by atoms with Crippen molar-refractivity contribution in [1.29, 1.82) is 0 Å². The first-order valence-corrected chi connectivity index (χ1v) is 31.8. The largest absolute Gasteiger partial charge is 0.462 e. The molecule has 0 heterocycles. The Balaban J connectivity index is 4.36. The molecule has 0 amide bonds. The molecule has 0 saturated heterocycles. The fourth-order valence-corrected chi connectivity index (χ4v) is 9.25. The molecular weight excluding hydrogens is 901 g/mol. The topological polar surface area (TPSA) is 78.9 Å². The molecule has 0 aromatic carbocycles. The number of hydrogen-bond donors (Lipinski definition) is 0. The molecule has 73 heavy (non-hydrogen) atoms. The van der Waals surface area contributed by atoms with Crippen LogP contribution in [0, 0.1) is 0 Å². The van der Waals surface area contributed by atoms with Gasteiger partial charge in [0, 0.05) is 19.3 Å². The van der Waals surface area contributed by atoms with Crippen LogP contribution in [0.25, 0.3) is 0 Å². The van der Waals surface area contributed by atoms with Gasteiger partial charge in [0.05, 0.1) is 0 Å². The van der Waals surface area contributed by atoms with Crippen LogP contribution in [0.15, 0.2) is 60.8 Å². The Morgan fingerprint density at radius 3 is 0.849 bits per heavy atom. The maximum Gasteiger partial charge on any atom is 0.306 e. The van der Waals surface area contributed by atoms with Crippen LogP contribution in [0.4, 0.5) is 0 Å². The Bertz CT molecular complexity index is 1310. The molecule has 6 heteroatoms. The Labute approximate surface area is 453 Å². The van der Waals surface area contributed by atoms with Crippen molar-refractivity contribution in [1.82, 2.24) is 0 Å². The van der Waals surface area contributed by atoms with Crippen molar-refractivity contribution in [3.05, 3.63) is 60.8 Å². The van der Waals surface area contributed by atoms with Gasteiger partial charge in [-0.2, -0.15) is 0 Å². The first-order chi connectivity index (χ1) is 36.0. The van der Waals surface area contributed by atoms with Crippen molar-refractivity contribution in [2.24, 2.45) is 0 Å². The van der Waals surface area contributed by atoms with E-state index in [2.05, 4.69) is 81.5 Å². The summed E-state index contributed by atoms with van der Waals surface area (Å²) in [7, 11) is 0. The van der Waals surface area contributed by atoms with Gasteiger partial charge in [0.1, 0.15) is 13.2 Å². The van der Waals surface area contributed by atoms with E-state index in [0.29, 0.717) is 19.3 Å². The van der Waals surface area contributed by atoms with Gasteiger partial charge in [-0.25, -0.2) is 0 Å². The minimum atomic E-state index is -0.786. The van der Waals surface area contributed by atoms with Crippen molar-refractivity contribution < 1.29 is 28.6 Å². The Morgan fingerprint density at radius 2 is 0.534 bits per heavy atom. The van der Waals surface area contributed by atoms with Gasteiger partial charge in [0.2, 0.25) is 0 Å². The van der Waals surface area contributed by atoms with E-state index < -0.39 is 6.10 Å². The molecular formula is C67H120O6. The number of hydrogen-bond acceptors (Lipinski definition) is 6. The zero-order chi connectivity index (χ0) is 52.9. The highest BCUT2D eigenvalue weighted by atomic mass is 16.6. The molecule has 0 spiro atoms. The van der Waals surface area contributed by atoms with E-state index in [0.717, 1.165) is 96.3 Å². The molecule has 0 aliphatic heterocycles. The number of carbonyl (C=O) groups is 3. The number of allylic oxidation sites excluding steroid dienone is 10. The van der Waals surface area contributed by atoms with Crippen LogP contribution >= 0.6 is 0 Å². The van der Waals surface area contributed by atoms with Crippen molar-refractivity contribution in [3.63, 3.8) is 0 Å². The molecule has 0 bridgehead atoms. The third-order valence-corrected chi connectivity index (χ3v) is 14.0. The second kappa shape index (κ2) is 61.7. The zero-order valence-corrected chi connectivity index (χ0v) is 48.7. The Kier molecular flexibility index (Phi) is 59.2. The van der Waals surface area contributed by atoms with Crippen LogP contribution in [0.3, 0.4) is 0 Å². The third kappa shape index (κ3) is 59.9. The number of carbonyl (C=O) groups excluding carboxylic acids is 3. The highest BCUT2D eigenvalue weighted by Gasteiger charge is 2.19. The lowest BCUT2D eigenvalue weighted by molar-refractivity contribution is -0.167. The van der Waals surface area contributed by atoms with E-state index in [1.807, 2.05) is 0 Å². The predicted octanol–water partition coefficient (Wildman–Crippen LogP) is 21.6. The first-order valence-electron chi connectivity index (χ1n) is 31.8. The Morgan fingerprint density at radius 1 is 0.288 bits per heavy atom. The SMILES string of the molecule is CC/C=C\C/C=C\C/C=C\C/C=C\CCCCCCC(=O)O[C@H](COC(=O)CCCCCCCCCCCCC/C=C\CCCCCCCC)COC(=O)CCCCCCCCCCCCCCCCCCC. The number of rotatable bonds is 58. The summed E-state index contributed by atoms with van der Waals surface area (Å²) in [6.45, 7) is 6.55. The molecule has 0 rings (SSSR count). The molecule has 0 aliphatic rings. The minimum absolute atomic E-state index is 0.0810. The molecule has 0 unspecified atom stereocenters. The van der Waals surface area contributed by atoms with Crippen LogP contribution in [-0.2, 0) is 28.6 Å². The second-order valence-corrected chi connectivity index (χ2v) is 21.3. The minimum Gasteiger partial charge on any atom is -0.462 e. The smallest absolute Gasteiger partial charge is 0.306 e. The van der Waals surface area contributed by atoms with Crippen molar-refractivity contribution >= 4 is 17.9 Å². The molecule has 0 saturated carbocycles. The molecule has 0 fully saturated rings. The van der Waals surface area contributed by atoms with E-state index in [1.54, 1.807) is 0 Å². The second-order valence-electron chi connectivity index (χ2n) is 21.3. The Hall–Kier alpha value is -2.89. The van der Waals surface area contributed by atoms with Gasteiger partial charge in [0.15, 0.2) is 6.10 Å². The monoisotopic (exact) mass is 1020 g/mol. The van der Waals surface area contributed by atoms with Crippen molar-refractivity contribution in [3.8, 4) is 0 Å². The number of esters is 3. The lowest BCUT2D eigenvalue weighted by Gasteiger charge is -2.18. The number of unbranched alkanes of at least 4 members (excludes halogenated alkanes) is 37. The van der Waals surface area contributed by atoms with Gasteiger partial charge in [-0.15, -0.1) is 0 Å². The lowest BCUT2D eigenvalue weighted by atomic mass is 10.0. The van der Waals surface area contributed by atoms with Crippen LogP contribution < -0.4 is 0 Å². The summed E-state index contributed by atoms with van der Waals surface area (Å²) >= 11 is 0. The summed E-state index contributed by atoms with van der Waals surface area (Å²) in [6, 6.07) is 0. The average molecular weight is 1020 g/mol. The van der Waals surface area contributed by atoms with Crippen LogP contribution in [0.5, 0.6) is 0 Å². The highest BCUT2D eigenvalue weighted by molar-refractivity contribution is 5.71. The quantitative estimate of drug-likeness (QED) is 0.0261. The van der Waals surface area contributed by atoms with Crippen LogP contribution in [0.2, 0.25) is 0 Å². The van der Waals surface area contributed by atoms with E-state index in [9.17, 15) is 14.4 Å². The maximum absolute atomic E-state index is 12.9. The molecule has 0 aromatic heterocycles. The van der Waals surface area contributed by atoms with E-state index in [4.69, 9.17) is 14.2 Å². The predicted molar refractivity (Wildman–Crippen MR) is 316 cm³/mol.